The molecule has 0 saturated carbocycles. The maximum absolute atomic E-state index is 12.6. The summed E-state index contributed by atoms with van der Waals surface area (Å²) in [5.74, 6) is 0.958. The van der Waals surface area contributed by atoms with Gasteiger partial charge in [0.15, 0.2) is 0 Å². The van der Waals surface area contributed by atoms with Gasteiger partial charge < -0.3 is 5.32 Å². The molecule has 1 aliphatic heterocycles. The SMILES string of the molecule is CCc1c(C)nn(C)c1NC(=O)C1CCCCCN1C. The number of aryl methyl sites for hydroxylation is 2. The fourth-order valence-electron chi connectivity index (χ4n) is 3.06. The Morgan fingerprint density at radius 3 is 2.80 bits per heavy atom. The van der Waals surface area contributed by atoms with Crippen molar-refractivity contribution in [2.75, 3.05) is 18.9 Å². The van der Waals surface area contributed by atoms with Crippen molar-refractivity contribution < 1.29 is 4.79 Å². The monoisotopic (exact) mass is 278 g/mol. The van der Waals surface area contributed by atoms with E-state index in [0.29, 0.717) is 0 Å². The second-order valence-electron chi connectivity index (χ2n) is 5.72. The van der Waals surface area contributed by atoms with Crippen LogP contribution in [0.25, 0.3) is 0 Å². The summed E-state index contributed by atoms with van der Waals surface area (Å²) < 4.78 is 1.78. The van der Waals surface area contributed by atoms with Crippen molar-refractivity contribution >= 4 is 11.7 Å². The van der Waals surface area contributed by atoms with Crippen LogP contribution in [0.5, 0.6) is 0 Å². The highest BCUT2D eigenvalue weighted by atomic mass is 16.2. The fraction of sp³-hybridized carbons (Fsp3) is 0.733. The van der Waals surface area contributed by atoms with Crippen molar-refractivity contribution in [2.45, 2.75) is 52.0 Å². The van der Waals surface area contributed by atoms with Gasteiger partial charge in [-0.15, -0.1) is 0 Å². The van der Waals surface area contributed by atoms with Crippen LogP contribution in [-0.2, 0) is 18.3 Å². The molecule has 1 unspecified atom stereocenters. The lowest BCUT2D eigenvalue weighted by Crippen LogP contribution is -2.41. The van der Waals surface area contributed by atoms with Crippen LogP contribution in [0, 0.1) is 6.92 Å². The average molecular weight is 278 g/mol. The normalized spacial score (nSPS) is 20.7. The summed E-state index contributed by atoms with van der Waals surface area (Å²) in [5, 5.41) is 7.50. The molecule has 2 rings (SSSR count). The molecule has 0 bridgehead atoms. The van der Waals surface area contributed by atoms with E-state index in [0.717, 1.165) is 42.9 Å². The van der Waals surface area contributed by atoms with Crippen LogP contribution in [0.15, 0.2) is 0 Å². The highest BCUT2D eigenvalue weighted by Crippen LogP contribution is 2.21. The summed E-state index contributed by atoms with van der Waals surface area (Å²) >= 11 is 0. The number of likely N-dealkylation sites (tertiary alicyclic amines) is 1. The largest absolute Gasteiger partial charge is 0.309 e. The van der Waals surface area contributed by atoms with Crippen molar-refractivity contribution in [1.29, 1.82) is 0 Å². The van der Waals surface area contributed by atoms with Gasteiger partial charge in [0.25, 0.3) is 0 Å². The van der Waals surface area contributed by atoms with Crippen molar-refractivity contribution in [3.05, 3.63) is 11.3 Å². The molecule has 0 radical (unpaired) electrons. The fourth-order valence-corrected chi connectivity index (χ4v) is 3.06. The molecule has 1 aliphatic rings. The first-order valence-corrected chi connectivity index (χ1v) is 7.58. The summed E-state index contributed by atoms with van der Waals surface area (Å²) in [6.45, 7) is 5.09. The number of likely N-dealkylation sites (N-methyl/N-ethyl adjacent to an activating group) is 1. The summed E-state index contributed by atoms with van der Waals surface area (Å²) in [7, 11) is 3.93. The third-order valence-corrected chi connectivity index (χ3v) is 4.26. The first-order valence-electron chi connectivity index (χ1n) is 7.58. The third kappa shape index (κ3) is 3.03. The van der Waals surface area contributed by atoms with Crippen LogP contribution in [0.4, 0.5) is 5.82 Å². The van der Waals surface area contributed by atoms with E-state index in [2.05, 4.69) is 22.2 Å². The first-order chi connectivity index (χ1) is 9.54. The maximum Gasteiger partial charge on any atom is 0.242 e. The van der Waals surface area contributed by atoms with Gasteiger partial charge in [0.1, 0.15) is 5.82 Å². The van der Waals surface area contributed by atoms with Crippen LogP contribution in [0.2, 0.25) is 0 Å². The molecule has 1 saturated heterocycles. The Kier molecular flexibility index (Phi) is 4.81. The highest BCUT2D eigenvalue weighted by molar-refractivity contribution is 5.94. The standard InChI is InChI=1S/C15H26N4O/c1-5-12-11(2)17-19(4)14(12)16-15(20)13-9-7-6-8-10-18(13)3/h13H,5-10H2,1-4H3,(H,16,20). The minimum absolute atomic E-state index is 0.0163. The van der Waals surface area contributed by atoms with Gasteiger partial charge in [0.05, 0.1) is 11.7 Å². The Bertz CT molecular complexity index is 480. The molecule has 2 heterocycles. The van der Waals surface area contributed by atoms with Crippen LogP contribution in [0.3, 0.4) is 0 Å². The Balaban J connectivity index is 2.14. The smallest absolute Gasteiger partial charge is 0.242 e. The molecule has 5 heteroatoms. The van der Waals surface area contributed by atoms with Gasteiger partial charge in [0, 0.05) is 12.6 Å². The molecule has 1 amide bonds. The van der Waals surface area contributed by atoms with E-state index in [1.807, 2.05) is 21.0 Å². The number of anilines is 1. The summed E-state index contributed by atoms with van der Waals surface area (Å²) in [6.07, 6.45) is 5.37. The third-order valence-electron chi connectivity index (χ3n) is 4.26. The molecule has 112 valence electrons. The van der Waals surface area contributed by atoms with E-state index in [1.165, 1.54) is 12.8 Å². The second-order valence-corrected chi connectivity index (χ2v) is 5.72. The lowest BCUT2D eigenvalue weighted by Gasteiger charge is -2.24. The van der Waals surface area contributed by atoms with Gasteiger partial charge >= 0.3 is 0 Å². The van der Waals surface area contributed by atoms with E-state index < -0.39 is 0 Å². The van der Waals surface area contributed by atoms with Gasteiger partial charge in [-0.3, -0.25) is 14.4 Å². The Labute approximate surface area is 121 Å². The van der Waals surface area contributed by atoms with Gasteiger partial charge in [-0.2, -0.15) is 5.10 Å². The van der Waals surface area contributed by atoms with Crippen molar-refractivity contribution in [3.8, 4) is 0 Å². The predicted molar refractivity (Wildman–Crippen MR) is 80.8 cm³/mol. The molecule has 1 aromatic rings. The average Bonchev–Trinajstić information content (AvgIpc) is 2.56. The number of hydrogen-bond donors (Lipinski definition) is 1. The number of aromatic nitrogens is 2. The molecule has 1 atom stereocenters. The van der Waals surface area contributed by atoms with Crippen LogP contribution in [0.1, 0.15) is 43.9 Å². The number of nitrogens with zero attached hydrogens (tertiary/aromatic N) is 3. The number of amides is 1. The minimum atomic E-state index is -0.0163. The number of nitrogens with one attached hydrogen (secondary N) is 1. The van der Waals surface area contributed by atoms with Gasteiger partial charge in [0.2, 0.25) is 5.91 Å². The molecular weight excluding hydrogens is 252 g/mol. The van der Waals surface area contributed by atoms with E-state index >= 15 is 0 Å². The zero-order valence-corrected chi connectivity index (χ0v) is 13.1. The molecule has 5 nitrogen and oxygen atoms in total. The zero-order valence-electron chi connectivity index (χ0n) is 13.1. The maximum atomic E-state index is 12.6. The van der Waals surface area contributed by atoms with Crippen LogP contribution >= 0.6 is 0 Å². The molecule has 1 aromatic heterocycles. The Hall–Kier alpha value is -1.36. The van der Waals surface area contributed by atoms with Crippen molar-refractivity contribution in [3.63, 3.8) is 0 Å². The van der Waals surface area contributed by atoms with Crippen LogP contribution < -0.4 is 5.32 Å². The number of carbonyl (C=O) groups excluding carboxylic acids is 1. The molecule has 20 heavy (non-hydrogen) atoms. The van der Waals surface area contributed by atoms with E-state index in [1.54, 1.807) is 4.68 Å². The number of rotatable bonds is 3. The molecule has 0 aromatic carbocycles. The quantitative estimate of drug-likeness (QED) is 0.921. The van der Waals surface area contributed by atoms with Gasteiger partial charge in [-0.25, -0.2) is 0 Å². The minimum Gasteiger partial charge on any atom is -0.309 e. The lowest BCUT2D eigenvalue weighted by atomic mass is 10.1. The Morgan fingerprint density at radius 2 is 2.10 bits per heavy atom. The molecule has 1 fully saturated rings. The van der Waals surface area contributed by atoms with E-state index in [4.69, 9.17) is 0 Å². The molecule has 0 spiro atoms. The molecular formula is C15H26N4O. The van der Waals surface area contributed by atoms with E-state index in [-0.39, 0.29) is 11.9 Å². The van der Waals surface area contributed by atoms with Gasteiger partial charge in [-0.05, 0) is 39.8 Å². The highest BCUT2D eigenvalue weighted by Gasteiger charge is 2.26. The molecule has 0 aliphatic carbocycles. The summed E-state index contributed by atoms with van der Waals surface area (Å²) in [5.41, 5.74) is 2.14. The summed E-state index contributed by atoms with van der Waals surface area (Å²) in [6, 6.07) is -0.0163. The van der Waals surface area contributed by atoms with Crippen LogP contribution in [-0.4, -0.2) is 40.2 Å². The first kappa shape index (κ1) is 15.0. The second kappa shape index (κ2) is 6.39. The van der Waals surface area contributed by atoms with Crippen molar-refractivity contribution in [2.24, 2.45) is 7.05 Å². The van der Waals surface area contributed by atoms with Gasteiger partial charge in [-0.1, -0.05) is 19.8 Å². The lowest BCUT2D eigenvalue weighted by molar-refractivity contribution is -0.120. The van der Waals surface area contributed by atoms with Crippen molar-refractivity contribution in [1.82, 2.24) is 14.7 Å². The van der Waals surface area contributed by atoms with E-state index in [9.17, 15) is 4.79 Å². The zero-order chi connectivity index (χ0) is 14.7. The number of carbonyl (C=O) groups is 1. The summed E-state index contributed by atoms with van der Waals surface area (Å²) in [4.78, 5) is 14.7. The molecule has 1 N–H and O–H groups in total. The topological polar surface area (TPSA) is 50.2 Å². The number of hydrogen-bond acceptors (Lipinski definition) is 3. The Morgan fingerprint density at radius 1 is 1.35 bits per heavy atom. The predicted octanol–water partition coefficient (Wildman–Crippen LogP) is 2.10.